The summed E-state index contributed by atoms with van der Waals surface area (Å²) < 4.78 is 2.03. The van der Waals surface area contributed by atoms with E-state index in [1.54, 1.807) is 0 Å². The lowest BCUT2D eigenvalue weighted by atomic mass is 9.88. The Morgan fingerprint density at radius 1 is 1.20 bits per heavy atom. The second-order valence-electron chi connectivity index (χ2n) is 6.64. The first kappa shape index (κ1) is 17.4. The summed E-state index contributed by atoms with van der Waals surface area (Å²) in [6.45, 7) is 4.09. The molecule has 1 aromatic carbocycles. The molecule has 3 rings (SSSR count). The van der Waals surface area contributed by atoms with Crippen LogP contribution < -0.4 is 10.6 Å². The highest BCUT2D eigenvalue weighted by molar-refractivity contribution is 5.79. The van der Waals surface area contributed by atoms with Gasteiger partial charge in [-0.1, -0.05) is 6.07 Å². The van der Waals surface area contributed by atoms with Gasteiger partial charge in [0.25, 0.3) is 0 Å². The molecule has 1 heterocycles. The van der Waals surface area contributed by atoms with Crippen LogP contribution in [0, 0.1) is 0 Å². The molecule has 0 unspecified atom stereocenters. The fourth-order valence-corrected chi connectivity index (χ4v) is 3.43. The molecule has 0 aliphatic heterocycles. The lowest BCUT2D eigenvalue weighted by Gasteiger charge is -2.21. The number of aromatic nitrogens is 1. The van der Waals surface area contributed by atoms with E-state index < -0.39 is 0 Å². The van der Waals surface area contributed by atoms with E-state index in [0.717, 1.165) is 30.9 Å². The van der Waals surface area contributed by atoms with E-state index in [9.17, 15) is 5.11 Å². The Labute approximate surface area is 149 Å². The maximum atomic E-state index is 10.3. The van der Waals surface area contributed by atoms with Gasteiger partial charge in [-0.05, 0) is 61.4 Å². The van der Waals surface area contributed by atoms with Crippen LogP contribution in [-0.2, 0) is 33.0 Å². The van der Waals surface area contributed by atoms with E-state index in [4.69, 9.17) is 0 Å². The Morgan fingerprint density at radius 3 is 2.80 bits per heavy atom. The summed E-state index contributed by atoms with van der Waals surface area (Å²) in [5.74, 6) is 1.16. The van der Waals surface area contributed by atoms with Crippen LogP contribution >= 0.6 is 0 Å². The number of nitrogens with zero attached hydrogens (tertiary/aromatic N) is 2. The summed E-state index contributed by atoms with van der Waals surface area (Å²) in [6.07, 6.45) is 8.71. The molecule has 0 amide bonds. The Hall–Kier alpha value is -2.43. The molecule has 1 aliphatic carbocycles. The first-order valence-corrected chi connectivity index (χ1v) is 9.13. The number of hydrogen-bond donors (Lipinski definition) is 3. The molecule has 0 fully saturated rings. The molecule has 2 aromatic rings. The van der Waals surface area contributed by atoms with E-state index in [1.807, 2.05) is 23.9 Å². The Morgan fingerprint density at radius 2 is 2.04 bits per heavy atom. The highest BCUT2D eigenvalue weighted by atomic mass is 16.3. The van der Waals surface area contributed by atoms with Crippen molar-refractivity contribution in [1.82, 2.24) is 15.2 Å². The van der Waals surface area contributed by atoms with E-state index in [2.05, 4.69) is 40.9 Å². The van der Waals surface area contributed by atoms with E-state index in [0.29, 0.717) is 18.8 Å². The maximum Gasteiger partial charge on any atom is 0.191 e. The van der Waals surface area contributed by atoms with Crippen molar-refractivity contribution in [2.75, 3.05) is 6.54 Å². The first-order chi connectivity index (χ1) is 12.2. The van der Waals surface area contributed by atoms with E-state index >= 15 is 0 Å². The molecule has 1 aromatic heterocycles. The Kier molecular flexibility index (Phi) is 5.64. The summed E-state index contributed by atoms with van der Waals surface area (Å²) in [5, 5.41) is 17.0. The number of hydrogen-bond acceptors (Lipinski definition) is 2. The topological polar surface area (TPSA) is 61.6 Å². The van der Waals surface area contributed by atoms with Crippen molar-refractivity contribution in [3.8, 4) is 5.75 Å². The maximum absolute atomic E-state index is 10.3. The molecule has 0 spiro atoms. The fraction of sp³-hybridized carbons (Fsp3) is 0.450. The Bertz CT molecular complexity index is 748. The van der Waals surface area contributed by atoms with Crippen molar-refractivity contribution >= 4 is 5.96 Å². The number of fused-ring (bicyclic) bond motifs is 1. The molecular formula is C20H28N4O. The molecular weight excluding hydrogens is 312 g/mol. The molecule has 5 nitrogen and oxygen atoms in total. The predicted octanol–water partition coefficient (Wildman–Crippen LogP) is 2.86. The van der Waals surface area contributed by atoms with Crippen molar-refractivity contribution in [3.63, 3.8) is 0 Å². The predicted molar refractivity (Wildman–Crippen MR) is 102 cm³/mol. The van der Waals surface area contributed by atoms with Crippen molar-refractivity contribution < 1.29 is 5.11 Å². The van der Waals surface area contributed by atoms with Gasteiger partial charge < -0.3 is 20.3 Å². The summed E-state index contributed by atoms with van der Waals surface area (Å²) in [4.78, 5) is 4.65. The number of aliphatic imine (C=N–C) groups is 1. The van der Waals surface area contributed by atoms with Gasteiger partial charge in [-0.2, -0.15) is 0 Å². The molecule has 0 saturated heterocycles. The minimum Gasteiger partial charge on any atom is -0.508 e. The molecule has 0 atom stereocenters. The zero-order valence-electron chi connectivity index (χ0n) is 15.2. The quantitative estimate of drug-likeness (QED) is 0.579. The lowest BCUT2D eigenvalue weighted by molar-refractivity contribution is 0.464. The number of rotatable bonds is 5. The second kappa shape index (κ2) is 8.10. The molecule has 0 bridgehead atoms. The number of nitrogens with one attached hydrogen (secondary N) is 2. The van der Waals surface area contributed by atoms with Crippen LogP contribution in [0.15, 0.2) is 35.6 Å². The second-order valence-corrected chi connectivity index (χ2v) is 6.64. The zero-order valence-corrected chi connectivity index (χ0v) is 15.2. The third-order valence-corrected chi connectivity index (χ3v) is 4.72. The highest BCUT2D eigenvalue weighted by Gasteiger charge is 2.16. The molecule has 134 valence electrons. The number of phenolic OH excluding ortho intramolecular Hbond substituents is 1. The van der Waals surface area contributed by atoms with Crippen molar-refractivity contribution in [2.24, 2.45) is 12.0 Å². The Balaban J connectivity index is 1.71. The van der Waals surface area contributed by atoms with Gasteiger partial charge in [0.1, 0.15) is 5.75 Å². The van der Waals surface area contributed by atoms with Crippen molar-refractivity contribution in [1.29, 1.82) is 0 Å². The lowest BCUT2D eigenvalue weighted by Crippen LogP contribution is -2.37. The van der Waals surface area contributed by atoms with E-state index in [-0.39, 0.29) is 0 Å². The van der Waals surface area contributed by atoms with Gasteiger partial charge in [0.2, 0.25) is 0 Å². The third kappa shape index (κ3) is 4.35. The number of phenols is 1. The molecule has 3 N–H and O–H groups in total. The van der Waals surface area contributed by atoms with Gasteiger partial charge >= 0.3 is 0 Å². The molecule has 25 heavy (non-hydrogen) atoms. The minimum atomic E-state index is 0.382. The zero-order chi connectivity index (χ0) is 17.6. The number of aryl methyl sites for hydroxylation is 2. The minimum absolute atomic E-state index is 0.382. The summed E-state index contributed by atoms with van der Waals surface area (Å²) in [6, 6.07) is 5.98. The molecule has 1 aliphatic rings. The molecule has 5 heteroatoms. The number of guanidine groups is 1. The van der Waals surface area contributed by atoms with Crippen molar-refractivity contribution in [3.05, 3.63) is 52.8 Å². The van der Waals surface area contributed by atoms with Gasteiger partial charge in [0.05, 0.1) is 6.54 Å². The first-order valence-electron chi connectivity index (χ1n) is 9.13. The summed E-state index contributed by atoms with van der Waals surface area (Å²) in [7, 11) is 2.01. The average Bonchev–Trinajstić information content (AvgIpc) is 3.04. The van der Waals surface area contributed by atoms with Gasteiger partial charge in [0.15, 0.2) is 5.96 Å². The number of aromatic hydroxyl groups is 1. The van der Waals surface area contributed by atoms with Gasteiger partial charge in [0, 0.05) is 38.1 Å². The smallest absolute Gasteiger partial charge is 0.191 e. The summed E-state index contributed by atoms with van der Waals surface area (Å²) in [5.41, 5.74) is 4.90. The van der Waals surface area contributed by atoms with Crippen LogP contribution in [0.4, 0.5) is 0 Å². The largest absolute Gasteiger partial charge is 0.508 e. The van der Waals surface area contributed by atoms with Gasteiger partial charge in [-0.3, -0.25) is 0 Å². The van der Waals surface area contributed by atoms with Crippen LogP contribution in [-0.4, -0.2) is 22.2 Å². The highest BCUT2D eigenvalue weighted by Crippen LogP contribution is 2.30. The standard InChI is InChI=1S/C20H28N4O/c1-3-21-20(22-12-15-10-11-24(2)14-15)23-13-18-17-7-5-4-6-16(17)8-9-19(18)25/h8-11,14,25H,3-7,12-13H2,1-2H3,(H2,21,22,23). The molecule has 0 radical (unpaired) electrons. The molecule has 0 saturated carbocycles. The van der Waals surface area contributed by atoms with Crippen molar-refractivity contribution in [2.45, 2.75) is 45.7 Å². The van der Waals surface area contributed by atoms with Crippen LogP contribution in [0.5, 0.6) is 5.75 Å². The van der Waals surface area contributed by atoms with Crippen LogP contribution in [0.3, 0.4) is 0 Å². The summed E-state index contributed by atoms with van der Waals surface area (Å²) >= 11 is 0. The van der Waals surface area contributed by atoms with Gasteiger partial charge in [-0.25, -0.2) is 4.99 Å². The van der Waals surface area contributed by atoms with Gasteiger partial charge in [-0.15, -0.1) is 0 Å². The van der Waals surface area contributed by atoms with E-state index in [1.165, 1.54) is 29.5 Å². The average molecular weight is 340 g/mol. The van der Waals surface area contributed by atoms with Crippen LogP contribution in [0.1, 0.15) is 42.0 Å². The number of benzene rings is 1. The fourth-order valence-electron chi connectivity index (χ4n) is 3.43. The third-order valence-electron chi connectivity index (χ3n) is 4.72. The van der Waals surface area contributed by atoms with Crippen LogP contribution in [0.2, 0.25) is 0 Å². The SMILES string of the molecule is CCNC(=NCc1ccn(C)c1)NCc1c(O)ccc2c1CCCC2. The van der Waals surface area contributed by atoms with Crippen LogP contribution in [0.25, 0.3) is 0 Å². The monoisotopic (exact) mass is 340 g/mol. The normalized spacial score (nSPS) is 14.2.